The van der Waals surface area contributed by atoms with Crippen LogP contribution in [0.3, 0.4) is 0 Å². The molecule has 1 N–H and O–H groups in total. The largest absolute Gasteiger partial charge is 0.314 e. The molecule has 1 aliphatic rings. The Morgan fingerprint density at radius 3 is 2.58 bits per heavy atom. The van der Waals surface area contributed by atoms with Crippen molar-refractivity contribution in [1.29, 1.82) is 0 Å². The summed E-state index contributed by atoms with van der Waals surface area (Å²) >= 11 is 0. The molecule has 1 saturated heterocycles. The Bertz CT molecular complexity index is 242. The lowest BCUT2D eigenvalue weighted by Gasteiger charge is -2.14. The van der Waals surface area contributed by atoms with E-state index in [4.69, 9.17) is 0 Å². The summed E-state index contributed by atoms with van der Waals surface area (Å²) in [4.78, 5) is 0. The lowest BCUT2D eigenvalue weighted by molar-refractivity contribution is 0.594. The van der Waals surface area contributed by atoms with Crippen molar-refractivity contribution in [2.45, 2.75) is 25.3 Å². The second-order valence-electron chi connectivity index (χ2n) is 3.55. The second kappa shape index (κ2) is 3.28. The maximum atomic E-state index is 3.47. The first kappa shape index (κ1) is 7.81. The molecule has 1 nitrogen and oxygen atoms in total. The van der Waals surface area contributed by atoms with E-state index in [1.165, 1.54) is 18.5 Å². The van der Waals surface area contributed by atoms with E-state index < -0.39 is 0 Å². The number of benzene rings is 1. The van der Waals surface area contributed by atoms with Crippen molar-refractivity contribution in [1.82, 2.24) is 5.32 Å². The molecule has 0 amide bonds. The first-order valence-electron chi connectivity index (χ1n) is 4.66. The molecule has 1 heterocycles. The molecule has 0 radical (unpaired) electrons. The summed E-state index contributed by atoms with van der Waals surface area (Å²) in [6, 6.07) is 11.4. The van der Waals surface area contributed by atoms with Crippen molar-refractivity contribution < 1.29 is 0 Å². The van der Waals surface area contributed by atoms with Crippen LogP contribution < -0.4 is 5.32 Å². The van der Waals surface area contributed by atoms with Gasteiger partial charge >= 0.3 is 0 Å². The van der Waals surface area contributed by atoms with Crippen LogP contribution in [0.15, 0.2) is 30.3 Å². The van der Waals surface area contributed by atoms with Crippen molar-refractivity contribution in [2.24, 2.45) is 0 Å². The molecule has 12 heavy (non-hydrogen) atoms. The van der Waals surface area contributed by atoms with E-state index in [0.29, 0.717) is 6.04 Å². The van der Waals surface area contributed by atoms with Crippen molar-refractivity contribution >= 4 is 0 Å². The van der Waals surface area contributed by atoms with E-state index in [-0.39, 0.29) is 0 Å². The topological polar surface area (TPSA) is 12.0 Å². The quantitative estimate of drug-likeness (QED) is 0.665. The Morgan fingerprint density at radius 1 is 1.25 bits per heavy atom. The van der Waals surface area contributed by atoms with Gasteiger partial charge in [0.1, 0.15) is 0 Å². The van der Waals surface area contributed by atoms with Crippen molar-refractivity contribution in [2.75, 3.05) is 6.54 Å². The summed E-state index contributed by atoms with van der Waals surface area (Å²) in [5, 5.41) is 3.47. The van der Waals surface area contributed by atoms with E-state index >= 15 is 0 Å². The van der Waals surface area contributed by atoms with Crippen LogP contribution in [0, 0.1) is 0 Å². The summed E-state index contributed by atoms with van der Waals surface area (Å²) < 4.78 is 0. The van der Waals surface area contributed by atoms with Crippen LogP contribution in [-0.4, -0.2) is 12.6 Å². The van der Waals surface area contributed by atoms with Crippen LogP contribution >= 0.6 is 0 Å². The number of hydrogen-bond donors (Lipinski definition) is 1. The van der Waals surface area contributed by atoms with Gasteiger partial charge in [-0.3, -0.25) is 0 Å². The predicted molar refractivity (Wildman–Crippen MR) is 51.3 cm³/mol. The second-order valence-corrected chi connectivity index (χ2v) is 3.55. The fraction of sp³-hybridized carbons (Fsp3) is 0.455. The zero-order chi connectivity index (χ0) is 8.39. The monoisotopic (exact) mass is 161 g/mol. The van der Waals surface area contributed by atoms with Crippen LogP contribution in [-0.2, 0) is 0 Å². The normalized spacial score (nSPS) is 29.1. The van der Waals surface area contributed by atoms with Crippen molar-refractivity contribution in [3.8, 4) is 0 Å². The molecule has 1 heteroatoms. The van der Waals surface area contributed by atoms with Gasteiger partial charge in [0, 0.05) is 12.0 Å². The fourth-order valence-corrected chi connectivity index (χ4v) is 2.01. The first-order valence-corrected chi connectivity index (χ1v) is 4.66. The molecule has 0 spiro atoms. The molecule has 0 aromatic heterocycles. The van der Waals surface area contributed by atoms with Crippen molar-refractivity contribution in [3.63, 3.8) is 0 Å². The van der Waals surface area contributed by atoms with Gasteiger partial charge in [-0.15, -0.1) is 0 Å². The molecule has 2 atom stereocenters. The maximum absolute atomic E-state index is 3.47. The molecule has 2 rings (SSSR count). The third kappa shape index (κ3) is 1.37. The zero-order valence-corrected chi connectivity index (χ0v) is 7.46. The lowest BCUT2D eigenvalue weighted by Crippen LogP contribution is -2.21. The van der Waals surface area contributed by atoms with E-state index in [9.17, 15) is 0 Å². The Balaban J connectivity index is 2.19. The van der Waals surface area contributed by atoms with Gasteiger partial charge in [0.15, 0.2) is 0 Å². The molecule has 1 aliphatic heterocycles. The van der Waals surface area contributed by atoms with Gasteiger partial charge in [-0.25, -0.2) is 0 Å². The number of hydrogen-bond acceptors (Lipinski definition) is 1. The maximum Gasteiger partial charge on any atom is 0.0108 e. The van der Waals surface area contributed by atoms with Crippen LogP contribution in [0.4, 0.5) is 0 Å². The first-order chi connectivity index (χ1) is 5.88. The van der Waals surface area contributed by atoms with Gasteiger partial charge < -0.3 is 5.32 Å². The summed E-state index contributed by atoms with van der Waals surface area (Å²) in [5.74, 6) is 0.728. The van der Waals surface area contributed by atoms with E-state index in [0.717, 1.165) is 5.92 Å². The Kier molecular flexibility index (Phi) is 2.13. The van der Waals surface area contributed by atoms with Crippen LogP contribution in [0.2, 0.25) is 0 Å². The fourth-order valence-electron chi connectivity index (χ4n) is 2.01. The molecule has 2 unspecified atom stereocenters. The third-order valence-corrected chi connectivity index (χ3v) is 2.75. The van der Waals surface area contributed by atoms with Gasteiger partial charge in [-0.05, 0) is 25.5 Å². The van der Waals surface area contributed by atoms with Gasteiger partial charge in [0.25, 0.3) is 0 Å². The zero-order valence-electron chi connectivity index (χ0n) is 7.46. The van der Waals surface area contributed by atoms with E-state index in [2.05, 4.69) is 42.6 Å². The minimum atomic E-state index is 0.646. The van der Waals surface area contributed by atoms with Gasteiger partial charge in [-0.1, -0.05) is 30.3 Å². The Labute approximate surface area is 73.8 Å². The summed E-state index contributed by atoms with van der Waals surface area (Å²) in [6.45, 7) is 3.44. The predicted octanol–water partition coefficient (Wildman–Crippen LogP) is 2.15. The van der Waals surface area contributed by atoms with Crippen molar-refractivity contribution in [3.05, 3.63) is 35.9 Å². The summed E-state index contributed by atoms with van der Waals surface area (Å²) in [5.41, 5.74) is 1.48. The standard InChI is InChI=1S/C11H15N/c1-9-11(7-8-12-9)10-5-3-2-4-6-10/h2-6,9,11-12H,7-8H2,1H3. The lowest BCUT2D eigenvalue weighted by atomic mass is 9.93. The highest BCUT2D eigenvalue weighted by Crippen LogP contribution is 2.26. The molecule has 1 aromatic rings. The van der Waals surface area contributed by atoms with E-state index in [1.807, 2.05) is 0 Å². The molecule has 64 valence electrons. The average molecular weight is 161 g/mol. The minimum absolute atomic E-state index is 0.646. The molecule has 1 aromatic carbocycles. The third-order valence-electron chi connectivity index (χ3n) is 2.75. The molecular weight excluding hydrogens is 146 g/mol. The summed E-state index contributed by atoms with van der Waals surface area (Å²) in [7, 11) is 0. The number of nitrogens with one attached hydrogen (secondary N) is 1. The highest BCUT2D eigenvalue weighted by Gasteiger charge is 2.23. The molecule has 1 fully saturated rings. The molecule has 0 aliphatic carbocycles. The SMILES string of the molecule is CC1NCCC1c1ccccc1. The number of rotatable bonds is 1. The highest BCUT2D eigenvalue weighted by atomic mass is 14.9. The van der Waals surface area contributed by atoms with Crippen LogP contribution in [0.5, 0.6) is 0 Å². The van der Waals surface area contributed by atoms with Gasteiger partial charge in [0.05, 0.1) is 0 Å². The van der Waals surface area contributed by atoms with Gasteiger partial charge in [-0.2, -0.15) is 0 Å². The average Bonchev–Trinajstić information content (AvgIpc) is 2.53. The van der Waals surface area contributed by atoms with Gasteiger partial charge in [0.2, 0.25) is 0 Å². The summed E-state index contributed by atoms with van der Waals surface area (Å²) in [6.07, 6.45) is 1.28. The molecular formula is C11H15N. The highest BCUT2D eigenvalue weighted by molar-refractivity contribution is 5.22. The van der Waals surface area contributed by atoms with Crippen LogP contribution in [0.25, 0.3) is 0 Å². The Hall–Kier alpha value is -0.820. The van der Waals surface area contributed by atoms with Crippen LogP contribution in [0.1, 0.15) is 24.8 Å². The van der Waals surface area contributed by atoms with E-state index in [1.54, 1.807) is 0 Å². The molecule has 0 saturated carbocycles. The smallest absolute Gasteiger partial charge is 0.0108 e. The minimum Gasteiger partial charge on any atom is -0.314 e. The Morgan fingerprint density at radius 2 is 2.00 bits per heavy atom. The molecule has 0 bridgehead atoms.